The van der Waals surface area contributed by atoms with E-state index < -0.39 is 6.10 Å². The molecule has 0 saturated carbocycles. The Morgan fingerprint density at radius 3 is 0.838 bits per heavy atom. The van der Waals surface area contributed by atoms with Crippen LogP contribution < -0.4 is 0 Å². The molecule has 0 amide bonds. The Hall–Kier alpha value is -2.11. The average molecular weight is 958 g/mol. The summed E-state index contributed by atoms with van der Waals surface area (Å²) < 4.78 is 16.9. The van der Waals surface area contributed by atoms with Gasteiger partial charge in [-0.1, -0.05) is 289 Å². The van der Waals surface area contributed by atoms with Gasteiger partial charge in [-0.05, 0) is 51.4 Å². The average Bonchev–Trinajstić information content (AvgIpc) is 3.34. The predicted molar refractivity (Wildman–Crippen MR) is 293 cm³/mol. The fourth-order valence-electron chi connectivity index (χ4n) is 9.12. The number of rotatable bonds is 56. The molecule has 0 radical (unpaired) electrons. The summed E-state index contributed by atoms with van der Waals surface area (Å²) >= 11 is 0. The molecule has 0 rings (SSSR count). The topological polar surface area (TPSA) is 78.9 Å². The van der Waals surface area contributed by atoms with E-state index in [1.807, 2.05) is 0 Å². The Bertz CT molecular complexity index is 1100. The van der Waals surface area contributed by atoms with Crippen LogP contribution in [0, 0.1) is 0 Å². The zero-order valence-corrected chi connectivity index (χ0v) is 45.9. The first kappa shape index (κ1) is 65.9. The maximum Gasteiger partial charge on any atom is 0.306 e. The Labute approximate surface area is 423 Å². The molecule has 0 aromatic heterocycles. The van der Waals surface area contributed by atoms with Gasteiger partial charge in [0.1, 0.15) is 13.2 Å². The van der Waals surface area contributed by atoms with Crippen LogP contribution >= 0.6 is 0 Å². The number of unbranched alkanes of at least 4 members (excludes halogenated alkanes) is 41. The van der Waals surface area contributed by atoms with Gasteiger partial charge in [0.15, 0.2) is 6.10 Å². The Balaban J connectivity index is 4.27. The van der Waals surface area contributed by atoms with Crippen LogP contribution in [0.3, 0.4) is 0 Å². The lowest BCUT2D eigenvalue weighted by Crippen LogP contribution is -2.30. The summed E-state index contributed by atoms with van der Waals surface area (Å²) in [5.41, 5.74) is 0. The minimum absolute atomic E-state index is 0.0688. The van der Waals surface area contributed by atoms with Crippen LogP contribution in [0.4, 0.5) is 0 Å². The number of hydrogen-bond donors (Lipinski definition) is 0. The Kier molecular flexibility index (Phi) is 55.7. The van der Waals surface area contributed by atoms with Crippen molar-refractivity contribution in [3.8, 4) is 0 Å². The van der Waals surface area contributed by atoms with Gasteiger partial charge in [-0.15, -0.1) is 0 Å². The second-order valence-electron chi connectivity index (χ2n) is 20.6. The number of carbonyl (C=O) groups excluding carboxylic acids is 3. The van der Waals surface area contributed by atoms with E-state index >= 15 is 0 Å². The summed E-state index contributed by atoms with van der Waals surface area (Å²) in [7, 11) is 0. The molecule has 6 heteroatoms. The summed E-state index contributed by atoms with van der Waals surface area (Å²) in [6.45, 7) is 6.66. The van der Waals surface area contributed by atoms with Crippen molar-refractivity contribution in [2.45, 2.75) is 341 Å². The van der Waals surface area contributed by atoms with Gasteiger partial charge in [-0.25, -0.2) is 0 Å². The smallest absolute Gasteiger partial charge is 0.306 e. The highest BCUT2D eigenvalue weighted by Gasteiger charge is 2.19. The first-order chi connectivity index (χ1) is 33.5. The molecule has 0 aromatic carbocycles. The van der Waals surface area contributed by atoms with Gasteiger partial charge in [0.25, 0.3) is 0 Å². The van der Waals surface area contributed by atoms with Crippen molar-refractivity contribution < 1.29 is 28.6 Å². The van der Waals surface area contributed by atoms with Gasteiger partial charge < -0.3 is 14.2 Å². The fraction of sp³-hybridized carbons (Fsp3) is 0.887. The predicted octanol–water partition coefficient (Wildman–Crippen LogP) is 20.3. The van der Waals surface area contributed by atoms with E-state index in [9.17, 15) is 14.4 Å². The normalized spacial score (nSPS) is 12.1. The maximum atomic E-state index is 12.9. The number of allylic oxidation sites excluding steroid dienone is 4. The van der Waals surface area contributed by atoms with Gasteiger partial charge in [0.2, 0.25) is 0 Å². The molecular weight excluding hydrogens is 841 g/mol. The molecule has 68 heavy (non-hydrogen) atoms. The summed E-state index contributed by atoms with van der Waals surface area (Å²) in [5.74, 6) is -0.853. The SMILES string of the molecule is CCCCC/C=C\C/C=C\CCCCCCCCCC(=O)O[C@@H](COC(=O)CCCCCCCCCCCCCC)COC(=O)CCCCCCCCCCCCCCCCCCCCCCC. The van der Waals surface area contributed by atoms with E-state index in [4.69, 9.17) is 14.2 Å². The Morgan fingerprint density at radius 1 is 0.294 bits per heavy atom. The van der Waals surface area contributed by atoms with Crippen LogP contribution in [-0.4, -0.2) is 37.2 Å². The molecule has 0 aliphatic heterocycles. The first-order valence-electron chi connectivity index (χ1n) is 30.3. The third-order valence-electron chi connectivity index (χ3n) is 13.7. The lowest BCUT2D eigenvalue weighted by atomic mass is 10.0. The Morgan fingerprint density at radius 2 is 0.529 bits per heavy atom. The van der Waals surface area contributed by atoms with Crippen LogP contribution in [0.2, 0.25) is 0 Å². The van der Waals surface area contributed by atoms with Crippen molar-refractivity contribution in [3.63, 3.8) is 0 Å². The van der Waals surface area contributed by atoms with Crippen LogP contribution in [0.25, 0.3) is 0 Å². The van der Waals surface area contributed by atoms with E-state index in [1.165, 1.54) is 225 Å². The highest BCUT2D eigenvalue weighted by Crippen LogP contribution is 2.17. The second-order valence-corrected chi connectivity index (χ2v) is 20.6. The lowest BCUT2D eigenvalue weighted by Gasteiger charge is -2.18. The molecular formula is C62H116O6. The van der Waals surface area contributed by atoms with E-state index in [1.54, 1.807) is 0 Å². The minimum Gasteiger partial charge on any atom is -0.462 e. The second kappa shape index (κ2) is 57.5. The molecule has 0 spiro atoms. The van der Waals surface area contributed by atoms with Crippen molar-refractivity contribution in [1.82, 2.24) is 0 Å². The minimum atomic E-state index is -0.770. The van der Waals surface area contributed by atoms with Gasteiger partial charge >= 0.3 is 17.9 Å². The van der Waals surface area contributed by atoms with Crippen molar-refractivity contribution in [2.24, 2.45) is 0 Å². The molecule has 6 nitrogen and oxygen atoms in total. The molecule has 0 fully saturated rings. The largest absolute Gasteiger partial charge is 0.462 e. The molecule has 0 bridgehead atoms. The molecule has 0 aliphatic rings. The maximum absolute atomic E-state index is 12.9. The number of ether oxygens (including phenoxy) is 3. The fourth-order valence-corrected chi connectivity index (χ4v) is 9.12. The molecule has 1 atom stereocenters. The van der Waals surface area contributed by atoms with Crippen LogP contribution in [0.1, 0.15) is 335 Å². The zero-order valence-electron chi connectivity index (χ0n) is 45.9. The molecule has 0 N–H and O–H groups in total. The number of carbonyl (C=O) groups is 3. The van der Waals surface area contributed by atoms with Gasteiger partial charge in [-0.2, -0.15) is 0 Å². The van der Waals surface area contributed by atoms with Crippen molar-refractivity contribution in [2.75, 3.05) is 13.2 Å². The number of esters is 3. The molecule has 0 saturated heterocycles. The molecule has 0 aliphatic carbocycles. The summed E-state index contributed by atoms with van der Waals surface area (Å²) in [5, 5.41) is 0. The van der Waals surface area contributed by atoms with E-state index in [-0.39, 0.29) is 31.1 Å². The van der Waals surface area contributed by atoms with E-state index in [0.717, 1.165) is 70.6 Å². The van der Waals surface area contributed by atoms with E-state index in [0.29, 0.717) is 19.3 Å². The molecule has 0 aromatic rings. The van der Waals surface area contributed by atoms with Gasteiger partial charge in [0, 0.05) is 19.3 Å². The zero-order chi connectivity index (χ0) is 49.3. The quantitative estimate of drug-likeness (QED) is 0.0262. The molecule has 0 unspecified atom stereocenters. The van der Waals surface area contributed by atoms with Crippen molar-refractivity contribution in [1.29, 1.82) is 0 Å². The molecule has 400 valence electrons. The lowest BCUT2D eigenvalue weighted by molar-refractivity contribution is -0.167. The van der Waals surface area contributed by atoms with Crippen LogP contribution in [0.15, 0.2) is 24.3 Å². The first-order valence-corrected chi connectivity index (χ1v) is 30.3. The summed E-state index contributed by atoms with van der Waals surface area (Å²) in [4.78, 5) is 38.2. The monoisotopic (exact) mass is 957 g/mol. The highest BCUT2D eigenvalue weighted by molar-refractivity contribution is 5.71. The third kappa shape index (κ3) is 54.8. The summed E-state index contributed by atoms with van der Waals surface area (Å²) in [6.07, 6.45) is 67.5. The third-order valence-corrected chi connectivity index (χ3v) is 13.7. The van der Waals surface area contributed by atoms with Crippen LogP contribution in [-0.2, 0) is 28.6 Å². The summed E-state index contributed by atoms with van der Waals surface area (Å²) in [6, 6.07) is 0. The standard InChI is InChI=1S/C62H116O6/c1-4-7-10-13-16-19-22-25-27-29-30-31-32-34-35-37-40-43-46-49-52-55-61(64)67-58-59(57-66-60(63)54-51-48-45-42-39-24-21-18-15-12-9-6-3)68-62(65)56-53-50-47-44-41-38-36-33-28-26-23-20-17-14-11-8-5-2/h17,20,26,28,59H,4-16,18-19,21-25,27,29-58H2,1-3H3/b20-17-,28-26-/t59-/m0/s1. The van der Waals surface area contributed by atoms with Crippen molar-refractivity contribution in [3.05, 3.63) is 24.3 Å². The highest BCUT2D eigenvalue weighted by atomic mass is 16.6. The van der Waals surface area contributed by atoms with Gasteiger partial charge in [0.05, 0.1) is 0 Å². The van der Waals surface area contributed by atoms with E-state index in [2.05, 4.69) is 45.1 Å². The van der Waals surface area contributed by atoms with Gasteiger partial charge in [-0.3, -0.25) is 14.4 Å². The molecule has 0 heterocycles. The van der Waals surface area contributed by atoms with Crippen LogP contribution in [0.5, 0.6) is 0 Å². The number of hydrogen-bond acceptors (Lipinski definition) is 6. The van der Waals surface area contributed by atoms with Crippen molar-refractivity contribution >= 4 is 17.9 Å².